The summed E-state index contributed by atoms with van der Waals surface area (Å²) < 4.78 is 0. The van der Waals surface area contributed by atoms with E-state index in [2.05, 4.69) is 16.0 Å². The minimum atomic E-state index is -1.22. The van der Waals surface area contributed by atoms with Crippen LogP contribution < -0.4 is 16.0 Å². The van der Waals surface area contributed by atoms with E-state index in [-0.39, 0.29) is 34.8 Å². The number of carboxylic acid groups (broad SMARTS) is 1. The lowest BCUT2D eigenvalue weighted by molar-refractivity contribution is -0.119. The van der Waals surface area contributed by atoms with E-state index in [1.807, 2.05) is 0 Å². The van der Waals surface area contributed by atoms with Gasteiger partial charge in [0, 0.05) is 19.0 Å². The molecule has 1 aliphatic rings. The van der Waals surface area contributed by atoms with Crippen LogP contribution in [0.25, 0.3) is 0 Å². The van der Waals surface area contributed by atoms with Gasteiger partial charge in [-0.2, -0.15) is 0 Å². The van der Waals surface area contributed by atoms with Crippen molar-refractivity contribution in [3.8, 4) is 0 Å². The Hall–Kier alpha value is -2.28. The van der Waals surface area contributed by atoms with E-state index in [9.17, 15) is 14.4 Å². The molecule has 7 nitrogen and oxygen atoms in total. The first-order valence-corrected chi connectivity index (χ1v) is 6.71. The van der Waals surface area contributed by atoms with Crippen LogP contribution in [0.15, 0.2) is 18.2 Å². The minimum Gasteiger partial charge on any atom is -0.478 e. The van der Waals surface area contributed by atoms with Crippen molar-refractivity contribution in [1.82, 2.24) is 10.6 Å². The van der Waals surface area contributed by atoms with Crippen LogP contribution in [0.3, 0.4) is 0 Å². The number of halogens is 1. The summed E-state index contributed by atoms with van der Waals surface area (Å²) in [6, 6.07) is 3.78. The molecule has 3 amide bonds. The maximum Gasteiger partial charge on any atom is 0.339 e. The number of rotatable bonds is 4. The third-order valence-corrected chi connectivity index (χ3v) is 3.38. The smallest absolute Gasteiger partial charge is 0.339 e. The number of anilines is 1. The van der Waals surface area contributed by atoms with E-state index in [0.717, 1.165) is 0 Å². The first-order chi connectivity index (χ1) is 9.97. The molecule has 1 heterocycles. The van der Waals surface area contributed by atoms with E-state index in [0.29, 0.717) is 12.8 Å². The molecule has 4 N–H and O–H groups in total. The Morgan fingerprint density at radius 3 is 2.81 bits per heavy atom. The second-order valence-corrected chi connectivity index (χ2v) is 5.01. The molecule has 2 rings (SSSR count). The molecule has 0 aromatic heterocycles. The lowest BCUT2D eigenvalue weighted by Crippen LogP contribution is -2.40. The van der Waals surface area contributed by atoms with Crippen LogP contribution in [0.5, 0.6) is 0 Å². The predicted octanol–water partition coefficient (Wildman–Crippen LogP) is 1.44. The number of urea groups is 1. The number of hydrogen-bond acceptors (Lipinski definition) is 3. The fourth-order valence-corrected chi connectivity index (χ4v) is 2.31. The number of carboxylic acids is 1. The van der Waals surface area contributed by atoms with Crippen molar-refractivity contribution in [2.45, 2.75) is 18.9 Å². The molecule has 8 heteroatoms. The maximum atomic E-state index is 11.8. The van der Waals surface area contributed by atoms with Gasteiger partial charge in [0.15, 0.2) is 0 Å². The van der Waals surface area contributed by atoms with E-state index < -0.39 is 12.0 Å². The average molecular weight is 312 g/mol. The van der Waals surface area contributed by atoms with Gasteiger partial charge in [-0.15, -0.1) is 0 Å². The summed E-state index contributed by atoms with van der Waals surface area (Å²) in [6.45, 7) is 0.278. The molecule has 0 radical (unpaired) electrons. The van der Waals surface area contributed by atoms with Gasteiger partial charge in [0.1, 0.15) is 5.56 Å². The van der Waals surface area contributed by atoms with Gasteiger partial charge in [-0.25, -0.2) is 9.59 Å². The Kier molecular flexibility index (Phi) is 4.64. The first-order valence-electron chi connectivity index (χ1n) is 6.33. The minimum absolute atomic E-state index is 0.0368. The normalized spacial score (nSPS) is 17.2. The van der Waals surface area contributed by atoms with Crippen molar-refractivity contribution < 1.29 is 19.5 Å². The third-order valence-electron chi connectivity index (χ3n) is 3.07. The summed E-state index contributed by atoms with van der Waals surface area (Å²) in [5, 5.41) is 16.9. The van der Waals surface area contributed by atoms with Crippen LogP contribution in [-0.4, -0.2) is 35.6 Å². The van der Waals surface area contributed by atoms with E-state index in [1.54, 1.807) is 6.07 Å². The SMILES string of the molecule is O=C1CCC(CNC(=O)Nc2cccc(Cl)c2C(=O)O)N1. The molecule has 1 aromatic carbocycles. The van der Waals surface area contributed by atoms with Crippen molar-refractivity contribution in [2.24, 2.45) is 0 Å². The highest BCUT2D eigenvalue weighted by Crippen LogP contribution is 2.24. The highest BCUT2D eigenvalue weighted by molar-refractivity contribution is 6.34. The third kappa shape index (κ3) is 3.85. The highest BCUT2D eigenvalue weighted by atomic mass is 35.5. The van der Waals surface area contributed by atoms with Gasteiger partial charge < -0.3 is 21.1 Å². The van der Waals surface area contributed by atoms with Gasteiger partial charge in [0.2, 0.25) is 5.91 Å². The summed E-state index contributed by atoms with van der Waals surface area (Å²) in [5.41, 5.74) is -0.0496. The van der Waals surface area contributed by atoms with Gasteiger partial charge in [-0.05, 0) is 18.6 Å². The van der Waals surface area contributed by atoms with Crippen LogP contribution >= 0.6 is 11.6 Å². The molecule has 1 unspecified atom stereocenters. The number of carbonyl (C=O) groups is 3. The summed E-state index contributed by atoms with van der Waals surface area (Å²) >= 11 is 5.80. The van der Waals surface area contributed by atoms with Crippen molar-refractivity contribution >= 4 is 35.2 Å². The number of aromatic carboxylic acids is 1. The van der Waals surface area contributed by atoms with E-state index >= 15 is 0 Å². The predicted molar refractivity (Wildman–Crippen MR) is 76.6 cm³/mol. The molecule has 1 saturated heterocycles. The fourth-order valence-electron chi connectivity index (χ4n) is 2.06. The Morgan fingerprint density at radius 1 is 1.43 bits per heavy atom. The van der Waals surface area contributed by atoms with Crippen molar-refractivity contribution in [1.29, 1.82) is 0 Å². The molecule has 1 aromatic rings. The number of benzene rings is 1. The molecule has 0 spiro atoms. The standard InChI is InChI=1S/C13H14ClN3O4/c14-8-2-1-3-9(11(8)12(19)20)17-13(21)15-6-7-4-5-10(18)16-7/h1-3,7H,4-6H2,(H,16,18)(H,19,20)(H2,15,17,21). The van der Waals surface area contributed by atoms with Gasteiger partial charge in [0.05, 0.1) is 10.7 Å². The first kappa shape index (κ1) is 15.1. The molecule has 0 bridgehead atoms. The zero-order valence-electron chi connectivity index (χ0n) is 11.0. The van der Waals surface area contributed by atoms with E-state index in [1.165, 1.54) is 12.1 Å². The zero-order valence-corrected chi connectivity index (χ0v) is 11.7. The second-order valence-electron chi connectivity index (χ2n) is 4.61. The summed E-state index contributed by atoms with van der Waals surface area (Å²) in [5.74, 6) is -1.26. The monoisotopic (exact) mass is 311 g/mol. The molecule has 21 heavy (non-hydrogen) atoms. The van der Waals surface area contributed by atoms with Gasteiger partial charge in [-0.1, -0.05) is 17.7 Å². The van der Waals surface area contributed by atoms with Crippen LogP contribution in [0.2, 0.25) is 5.02 Å². The quantitative estimate of drug-likeness (QED) is 0.674. The van der Waals surface area contributed by atoms with E-state index in [4.69, 9.17) is 16.7 Å². The second kappa shape index (κ2) is 6.45. The van der Waals surface area contributed by atoms with Crippen LogP contribution in [0.4, 0.5) is 10.5 Å². The number of hydrogen-bond donors (Lipinski definition) is 4. The number of amides is 3. The lowest BCUT2D eigenvalue weighted by atomic mass is 10.2. The number of nitrogens with one attached hydrogen (secondary N) is 3. The van der Waals surface area contributed by atoms with Crippen LogP contribution in [0, 0.1) is 0 Å². The van der Waals surface area contributed by atoms with Crippen molar-refractivity contribution in [2.75, 3.05) is 11.9 Å². The van der Waals surface area contributed by atoms with Crippen molar-refractivity contribution in [3.63, 3.8) is 0 Å². The zero-order chi connectivity index (χ0) is 15.4. The van der Waals surface area contributed by atoms with Gasteiger partial charge in [0.25, 0.3) is 0 Å². The molecular formula is C13H14ClN3O4. The lowest BCUT2D eigenvalue weighted by Gasteiger charge is -2.13. The fraction of sp³-hybridized carbons (Fsp3) is 0.308. The molecular weight excluding hydrogens is 298 g/mol. The van der Waals surface area contributed by atoms with Gasteiger partial charge in [-0.3, -0.25) is 4.79 Å². The Labute approximate surface area is 125 Å². The maximum absolute atomic E-state index is 11.8. The highest BCUT2D eigenvalue weighted by Gasteiger charge is 2.21. The molecule has 1 aliphatic heterocycles. The largest absolute Gasteiger partial charge is 0.478 e. The summed E-state index contributed by atoms with van der Waals surface area (Å²) in [6.07, 6.45) is 1.11. The molecule has 0 saturated carbocycles. The average Bonchev–Trinajstić information content (AvgIpc) is 2.82. The molecule has 112 valence electrons. The summed E-state index contributed by atoms with van der Waals surface area (Å²) in [7, 11) is 0. The Bertz CT molecular complexity index is 591. The topological polar surface area (TPSA) is 108 Å². The van der Waals surface area contributed by atoms with Crippen LogP contribution in [-0.2, 0) is 4.79 Å². The van der Waals surface area contributed by atoms with Gasteiger partial charge >= 0.3 is 12.0 Å². The van der Waals surface area contributed by atoms with Crippen molar-refractivity contribution in [3.05, 3.63) is 28.8 Å². The van der Waals surface area contributed by atoms with Crippen LogP contribution in [0.1, 0.15) is 23.2 Å². The molecule has 1 fully saturated rings. The molecule has 1 atom stereocenters. The Morgan fingerprint density at radius 2 is 2.19 bits per heavy atom. The Balaban J connectivity index is 1.95. The number of carbonyl (C=O) groups excluding carboxylic acids is 2. The molecule has 0 aliphatic carbocycles. The summed E-state index contributed by atoms with van der Waals surface area (Å²) in [4.78, 5) is 33.9.